The molecule has 0 fully saturated rings. The first-order chi connectivity index (χ1) is 9.37. The summed E-state index contributed by atoms with van der Waals surface area (Å²) >= 11 is 0. The molecule has 1 aromatic carbocycles. The molecule has 1 rings (SSSR count). The predicted molar refractivity (Wildman–Crippen MR) is 79.2 cm³/mol. The molecule has 0 aliphatic heterocycles. The highest BCUT2D eigenvalue weighted by atomic mass is 16.5. The van der Waals surface area contributed by atoms with E-state index in [1.54, 1.807) is 13.2 Å². The number of rotatable bonds is 6. The maximum Gasteiger partial charge on any atom is 0.173 e. The van der Waals surface area contributed by atoms with Crippen molar-refractivity contribution < 1.29 is 14.7 Å². The molecule has 0 amide bonds. The van der Waals surface area contributed by atoms with Crippen LogP contribution in [0.25, 0.3) is 0 Å². The van der Waals surface area contributed by atoms with Crippen LogP contribution in [0.4, 0.5) is 0 Å². The zero-order valence-corrected chi connectivity index (χ0v) is 12.6. The van der Waals surface area contributed by atoms with Crippen LogP contribution in [-0.4, -0.2) is 24.8 Å². The molecule has 0 saturated heterocycles. The third kappa shape index (κ3) is 5.09. The van der Waals surface area contributed by atoms with Crippen LogP contribution in [0.1, 0.15) is 38.3 Å². The van der Waals surface area contributed by atoms with E-state index in [0.29, 0.717) is 24.5 Å². The minimum absolute atomic E-state index is 0.0263. The van der Waals surface area contributed by atoms with E-state index in [4.69, 9.17) is 20.4 Å². The van der Waals surface area contributed by atoms with Gasteiger partial charge in [-0.25, -0.2) is 0 Å². The van der Waals surface area contributed by atoms with Crippen molar-refractivity contribution in [1.82, 2.24) is 0 Å². The van der Waals surface area contributed by atoms with Crippen LogP contribution in [0.2, 0.25) is 0 Å². The Hall–Kier alpha value is -1.75. The topological polar surface area (TPSA) is 77.1 Å². The molecule has 0 atom stereocenters. The summed E-state index contributed by atoms with van der Waals surface area (Å²) in [6, 6.07) is 5.50. The Morgan fingerprint density at radius 3 is 2.60 bits per heavy atom. The second kappa shape index (κ2) is 7.14. The Kier molecular flexibility index (Phi) is 5.82. The monoisotopic (exact) mass is 280 g/mol. The van der Waals surface area contributed by atoms with Crippen LogP contribution in [0.3, 0.4) is 0 Å². The molecule has 0 unspecified atom stereocenters. The lowest BCUT2D eigenvalue weighted by Gasteiger charge is -2.17. The number of oxime groups is 1. The van der Waals surface area contributed by atoms with E-state index in [9.17, 15) is 0 Å². The number of methoxy groups -OCH3 is 1. The molecule has 112 valence electrons. The van der Waals surface area contributed by atoms with E-state index < -0.39 is 0 Å². The van der Waals surface area contributed by atoms with Gasteiger partial charge in [0.05, 0.1) is 19.3 Å². The minimum atomic E-state index is 0.0263. The number of ether oxygens (including phenoxy) is 2. The van der Waals surface area contributed by atoms with Crippen molar-refractivity contribution in [3.05, 3.63) is 29.3 Å². The lowest BCUT2D eigenvalue weighted by atomic mass is 9.93. The lowest BCUT2D eigenvalue weighted by Crippen LogP contribution is -2.15. The first-order valence-electron chi connectivity index (χ1n) is 6.60. The van der Waals surface area contributed by atoms with Gasteiger partial charge in [0.15, 0.2) is 5.84 Å². The molecule has 0 radical (unpaired) electrons. The van der Waals surface area contributed by atoms with E-state index in [1.807, 2.05) is 12.1 Å². The van der Waals surface area contributed by atoms with Gasteiger partial charge in [-0.3, -0.25) is 0 Å². The fraction of sp³-hybridized carbons (Fsp3) is 0.533. The van der Waals surface area contributed by atoms with Crippen molar-refractivity contribution in [3.63, 3.8) is 0 Å². The second-order valence-electron chi connectivity index (χ2n) is 5.88. The fourth-order valence-electron chi connectivity index (χ4n) is 1.67. The quantitative estimate of drug-likeness (QED) is 0.276. The van der Waals surface area contributed by atoms with Crippen LogP contribution < -0.4 is 10.5 Å². The molecule has 0 aliphatic rings. The first kappa shape index (κ1) is 16.3. The van der Waals surface area contributed by atoms with E-state index >= 15 is 0 Å². The number of nitrogens with zero attached hydrogens (tertiary/aromatic N) is 1. The highest BCUT2D eigenvalue weighted by Gasteiger charge is 2.11. The van der Waals surface area contributed by atoms with Crippen molar-refractivity contribution in [3.8, 4) is 5.75 Å². The van der Waals surface area contributed by atoms with Gasteiger partial charge in [-0.1, -0.05) is 32.0 Å². The predicted octanol–water partition coefficient (Wildman–Crippen LogP) is 2.74. The molecular formula is C15H24N2O3. The van der Waals surface area contributed by atoms with E-state index in [1.165, 1.54) is 0 Å². The molecule has 0 aliphatic carbocycles. The Bertz CT molecular complexity index is 465. The van der Waals surface area contributed by atoms with E-state index in [2.05, 4.69) is 25.9 Å². The van der Waals surface area contributed by atoms with Crippen molar-refractivity contribution in [2.24, 2.45) is 16.3 Å². The molecule has 1 aromatic rings. The van der Waals surface area contributed by atoms with Crippen molar-refractivity contribution >= 4 is 5.84 Å². The van der Waals surface area contributed by atoms with Crippen LogP contribution in [-0.2, 0) is 11.3 Å². The fourth-order valence-corrected chi connectivity index (χ4v) is 1.67. The zero-order valence-electron chi connectivity index (χ0n) is 12.6. The van der Waals surface area contributed by atoms with E-state index in [-0.39, 0.29) is 11.3 Å². The second-order valence-corrected chi connectivity index (χ2v) is 5.88. The Balaban J connectivity index is 2.68. The molecule has 0 spiro atoms. The Morgan fingerprint density at radius 2 is 2.05 bits per heavy atom. The van der Waals surface area contributed by atoms with Gasteiger partial charge in [0.2, 0.25) is 0 Å². The molecule has 5 nitrogen and oxygen atoms in total. The number of hydrogen-bond acceptors (Lipinski definition) is 4. The smallest absolute Gasteiger partial charge is 0.173 e. The molecule has 0 aromatic heterocycles. The molecular weight excluding hydrogens is 256 g/mol. The van der Waals surface area contributed by atoms with Gasteiger partial charge in [0.1, 0.15) is 5.75 Å². The molecule has 3 N–H and O–H groups in total. The van der Waals surface area contributed by atoms with Gasteiger partial charge in [0, 0.05) is 6.61 Å². The van der Waals surface area contributed by atoms with Gasteiger partial charge >= 0.3 is 0 Å². The minimum Gasteiger partial charge on any atom is -0.496 e. The van der Waals surface area contributed by atoms with Crippen LogP contribution in [0, 0.1) is 5.41 Å². The third-order valence-corrected chi connectivity index (χ3v) is 2.91. The van der Waals surface area contributed by atoms with Crippen LogP contribution in [0.15, 0.2) is 23.4 Å². The van der Waals surface area contributed by atoms with Gasteiger partial charge < -0.3 is 20.4 Å². The zero-order chi connectivity index (χ0) is 15.2. The highest BCUT2D eigenvalue weighted by molar-refractivity contribution is 5.99. The van der Waals surface area contributed by atoms with Crippen LogP contribution in [0.5, 0.6) is 5.75 Å². The Morgan fingerprint density at radius 1 is 1.35 bits per heavy atom. The maximum absolute atomic E-state index is 8.78. The van der Waals surface area contributed by atoms with Crippen molar-refractivity contribution in [1.29, 1.82) is 0 Å². The van der Waals surface area contributed by atoms with E-state index in [0.717, 1.165) is 12.0 Å². The molecule has 5 heteroatoms. The summed E-state index contributed by atoms with van der Waals surface area (Å²) in [6.07, 6.45) is 0.996. The summed E-state index contributed by atoms with van der Waals surface area (Å²) in [5, 5.41) is 11.8. The summed E-state index contributed by atoms with van der Waals surface area (Å²) < 4.78 is 10.8. The average Bonchev–Trinajstić information content (AvgIpc) is 2.41. The number of amidine groups is 1. The van der Waals surface area contributed by atoms with Crippen molar-refractivity contribution in [2.75, 3.05) is 13.7 Å². The summed E-state index contributed by atoms with van der Waals surface area (Å²) in [7, 11) is 1.54. The SMILES string of the molecule is COc1ccc(COCCC(C)(C)C)cc1C(N)=NO. The average molecular weight is 280 g/mol. The summed E-state index contributed by atoms with van der Waals surface area (Å²) in [5.41, 5.74) is 7.42. The summed E-state index contributed by atoms with van der Waals surface area (Å²) in [6.45, 7) is 7.74. The number of benzene rings is 1. The van der Waals surface area contributed by atoms with Gasteiger partial charge in [0.25, 0.3) is 0 Å². The number of hydrogen-bond donors (Lipinski definition) is 2. The normalized spacial score (nSPS) is 12.5. The van der Waals surface area contributed by atoms with Crippen molar-refractivity contribution in [2.45, 2.75) is 33.8 Å². The largest absolute Gasteiger partial charge is 0.496 e. The van der Waals surface area contributed by atoms with Crippen LogP contribution >= 0.6 is 0 Å². The standard InChI is InChI=1S/C15H24N2O3/c1-15(2,3)7-8-20-10-11-5-6-13(19-4)12(9-11)14(16)17-18/h5-6,9,18H,7-8,10H2,1-4H3,(H2,16,17). The van der Waals surface area contributed by atoms with Gasteiger partial charge in [-0.2, -0.15) is 0 Å². The first-order valence-corrected chi connectivity index (χ1v) is 6.60. The lowest BCUT2D eigenvalue weighted by molar-refractivity contribution is 0.0962. The molecule has 0 heterocycles. The maximum atomic E-state index is 8.78. The molecule has 20 heavy (non-hydrogen) atoms. The Labute approximate surface area is 120 Å². The molecule has 0 saturated carbocycles. The molecule has 0 bridgehead atoms. The summed E-state index contributed by atoms with van der Waals surface area (Å²) in [4.78, 5) is 0. The third-order valence-electron chi connectivity index (χ3n) is 2.91. The highest BCUT2D eigenvalue weighted by Crippen LogP contribution is 2.21. The summed E-state index contributed by atoms with van der Waals surface area (Å²) in [5.74, 6) is 0.595. The van der Waals surface area contributed by atoms with Gasteiger partial charge in [-0.05, 0) is 29.5 Å². The van der Waals surface area contributed by atoms with Gasteiger partial charge in [-0.15, -0.1) is 0 Å². The number of nitrogens with two attached hydrogens (primary N) is 1.